The highest BCUT2D eigenvalue weighted by atomic mass is 16.5. The molecule has 1 aromatic heterocycles. The van der Waals surface area contributed by atoms with Crippen LogP contribution in [0.5, 0.6) is 11.5 Å². The molecule has 0 spiro atoms. The summed E-state index contributed by atoms with van der Waals surface area (Å²) >= 11 is 0. The number of rotatable bonds is 4. The van der Waals surface area contributed by atoms with Crippen LogP contribution in [0.4, 0.5) is 0 Å². The Morgan fingerprint density at radius 1 is 0.833 bits per heavy atom. The largest absolute Gasteiger partial charge is 0.497 e. The van der Waals surface area contributed by atoms with Crippen molar-refractivity contribution in [2.24, 2.45) is 0 Å². The number of hydrogen-bond donors (Lipinski definition) is 2. The second-order valence-corrected chi connectivity index (χ2v) is 6.73. The Labute approximate surface area is 172 Å². The van der Waals surface area contributed by atoms with E-state index in [-0.39, 0.29) is 11.3 Å². The van der Waals surface area contributed by atoms with Gasteiger partial charge in [0.1, 0.15) is 17.1 Å². The van der Waals surface area contributed by atoms with Gasteiger partial charge in [-0.05, 0) is 24.4 Å². The number of furan rings is 1. The maximum atomic E-state index is 12.7. The zero-order valence-electron chi connectivity index (χ0n) is 16.7. The first-order chi connectivity index (χ1) is 14.5. The molecule has 0 radical (unpaired) electrons. The summed E-state index contributed by atoms with van der Waals surface area (Å²) in [7, 11) is 2.98. The topological polar surface area (TPSA) is 89.8 Å². The van der Waals surface area contributed by atoms with Gasteiger partial charge in [0.25, 0.3) is 5.91 Å². The molecule has 30 heavy (non-hydrogen) atoms. The Balaban J connectivity index is 1.57. The van der Waals surface area contributed by atoms with Crippen molar-refractivity contribution in [3.63, 3.8) is 0 Å². The number of benzene rings is 3. The van der Waals surface area contributed by atoms with Crippen LogP contribution < -0.4 is 20.3 Å². The molecule has 1 heterocycles. The van der Waals surface area contributed by atoms with Crippen molar-refractivity contribution >= 4 is 33.6 Å². The van der Waals surface area contributed by atoms with E-state index in [0.717, 1.165) is 16.2 Å². The predicted octanol–water partition coefficient (Wildman–Crippen LogP) is 3.99. The summed E-state index contributed by atoms with van der Waals surface area (Å²) in [6.45, 7) is 1.81. The van der Waals surface area contributed by atoms with Crippen LogP contribution in [-0.2, 0) is 0 Å². The quantitative estimate of drug-likeness (QED) is 0.502. The zero-order chi connectivity index (χ0) is 21.3. The van der Waals surface area contributed by atoms with E-state index in [9.17, 15) is 9.59 Å². The van der Waals surface area contributed by atoms with Crippen LogP contribution in [0.3, 0.4) is 0 Å². The fourth-order valence-electron chi connectivity index (χ4n) is 3.35. The molecule has 7 nitrogen and oxygen atoms in total. The van der Waals surface area contributed by atoms with Crippen molar-refractivity contribution in [3.05, 3.63) is 71.5 Å². The monoisotopic (exact) mass is 404 g/mol. The summed E-state index contributed by atoms with van der Waals surface area (Å²) in [4.78, 5) is 25.2. The number of aryl methyl sites for hydroxylation is 1. The van der Waals surface area contributed by atoms with Gasteiger partial charge in [0.15, 0.2) is 5.76 Å². The minimum Gasteiger partial charge on any atom is -0.497 e. The van der Waals surface area contributed by atoms with Gasteiger partial charge >= 0.3 is 5.91 Å². The van der Waals surface area contributed by atoms with Gasteiger partial charge < -0.3 is 13.9 Å². The SMILES string of the molecule is COc1cc(OC)cc(C(=O)NNC(=O)c2oc3c(ccc4ccccc43)c2C)c1. The standard InChI is InChI=1S/C23H20N2O5/c1-13-18-9-8-14-6-4-5-7-19(14)21(18)30-20(13)23(27)25-24-22(26)15-10-16(28-2)12-17(11-15)29-3/h4-12H,1-3H3,(H,24,26)(H,25,27). The van der Waals surface area contributed by atoms with Crippen molar-refractivity contribution in [1.29, 1.82) is 0 Å². The first-order valence-corrected chi connectivity index (χ1v) is 9.26. The normalized spacial score (nSPS) is 10.8. The van der Waals surface area contributed by atoms with Gasteiger partial charge in [0, 0.05) is 28.0 Å². The summed E-state index contributed by atoms with van der Waals surface area (Å²) in [6, 6.07) is 16.4. The Morgan fingerprint density at radius 3 is 2.20 bits per heavy atom. The lowest BCUT2D eigenvalue weighted by Gasteiger charge is -2.09. The molecule has 2 amide bonds. The smallest absolute Gasteiger partial charge is 0.305 e. The molecule has 0 aliphatic rings. The highest BCUT2D eigenvalue weighted by molar-refractivity contribution is 6.09. The van der Waals surface area contributed by atoms with Crippen molar-refractivity contribution in [3.8, 4) is 11.5 Å². The van der Waals surface area contributed by atoms with Gasteiger partial charge in [-0.3, -0.25) is 20.4 Å². The summed E-state index contributed by atoms with van der Waals surface area (Å²) in [5.74, 6) is 0.0114. The molecule has 4 aromatic rings. The summed E-state index contributed by atoms with van der Waals surface area (Å²) in [6.07, 6.45) is 0. The molecule has 0 fully saturated rings. The lowest BCUT2D eigenvalue weighted by atomic mass is 10.1. The molecule has 2 N–H and O–H groups in total. The third kappa shape index (κ3) is 3.41. The lowest BCUT2D eigenvalue weighted by molar-refractivity contribution is 0.0831. The Bertz CT molecular complexity index is 1250. The molecule has 3 aromatic carbocycles. The van der Waals surface area contributed by atoms with Gasteiger partial charge in [-0.2, -0.15) is 0 Å². The van der Waals surface area contributed by atoms with Crippen LogP contribution in [0.1, 0.15) is 26.5 Å². The molecule has 0 aliphatic carbocycles. The third-order valence-corrected chi connectivity index (χ3v) is 4.94. The second-order valence-electron chi connectivity index (χ2n) is 6.73. The van der Waals surface area contributed by atoms with E-state index in [1.54, 1.807) is 18.2 Å². The van der Waals surface area contributed by atoms with E-state index >= 15 is 0 Å². The number of fused-ring (bicyclic) bond motifs is 3. The highest BCUT2D eigenvalue weighted by Gasteiger charge is 2.20. The van der Waals surface area contributed by atoms with E-state index in [4.69, 9.17) is 13.9 Å². The summed E-state index contributed by atoms with van der Waals surface area (Å²) in [5.41, 5.74) is 6.42. The van der Waals surface area contributed by atoms with Crippen LogP contribution in [0.2, 0.25) is 0 Å². The van der Waals surface area contributed by atoms with Crippen LogP contribution in [0.15, 0.2) is 59.0 Å². The number of hydrazine groups is 1. The summed E-state index contributed by atoms with van der Waals surface area (Å²) < 4.78 is 16.2. The number of nitrogens with one attached hydrogen (secondary N) is 2. The molecule has 4 rings (SSSR count). The Kier molecular flexibility index (Phi) is 5.02. The average Bonchev–Trinajstić information content (AvgIpc) is 3.13. The van der Waals surface area contributed by atoms with Gasteiger partial charge in [-0.25, -0.2) is 0 Å². The van der Waals surface area contributed by atoms with Crippen molar-refractivity contribution in [1.82, 2.24) is 10.9 Å². The predicted molar refractivity (Wildman–Crippen MR) is 113 cm³/mol. The fourth-order valence-corrected chi connectivity index (χ4v) is 3.35. The van der Waals surface area contributed by atoms with E-state index < -0.39 is 11.8 Å². The van der Waals surface area contributed by atoms with Crippen LogP contribution in [-0.4, -0.2) is 26.0 Å². The first kappa shape index (κ1) is 19.3. The number of carbonyl (C=O) groups excluding carboxylic acids is 2. The molecule has 0 atom stereocenters. The molecule has 152 valence electrons. The molecular formula is C23H20N2O5. The van der Waals surface area contributed by atoms with E-state index in [0.29, 0.717) is 22.6 Å². The van der Waals surface area contributed by atoms with E-state index in [2.05, 4.69) is 10.9 Å². The molecular weight excluding hydrogens is 384 g/mol. The number of amides is 2. The van der Waals surface area contributed by atoms with Gasteiger partial charge in [0.2, 0.25) is 0 Å². The molecule has 0 saturated carbocycles. The number of hydrogen-bond acceptors (Lipinski definition) is 5. The van der Waals surface area contributed by atoms with Crippen LogP contribution >= 0.6 is 0 Å². The Morgan fingerprint density at radius 2 is 1.50 bits per heavy atom. The fraction of sp³-hybridized carbons (Fsp3) is 0.130. The number of methoxy groups -OCH3 is 2. The summed E-state index contributed by atoms with van der Waals surface area (Å²) in [5, 5.41) is 2.79. The van der Waals surface area contributed by atoms with E-state index in [1.807, 2.05) is 43.3 Å². The number of ether oxygens (including phenoxy) is 2. The maximum Gasteiger partial charge on any atom is 0.305 e. The third-order valence-electron chi connectivity index (χ3n) is 4.94. The molecule has 0 aliphatic heterocycles. The van der Waals surface area contributed by atoms with Crippen LogP contribution in [0.25, 0.3) is 21.7 Å². The lowest BCUT2D eigenvalue weighted by Crippen LogP contribution is -2.41. The highest BCUT2D eigenvalue weighted by Crippen LogP contribution is 2.31. The Hall–Kier alpha value is -4.00. The minimum atomic E-state index is -0.545. The maximum absolute atomic E-state index is 12.7. The van der Waals surface area contributed by atoms with Crippen molar-refractivity contribution in [2.75, 3.05) is 14.2 Å². The van der Waals surface area contributed by atoms with E-state index in [1.165, 1.54) is 14.2 Å². The minimum absolute atomic E-state index is 0.143. The van der Waals surface area contributed by atoms with Gasteiger partial charge in [-0.1, -0.05) is 36.4 Å². The molecule has 0 unspecified atom stereocenters. The van der Waals surface area contributed by atoms with Gasteiger partial charge in [-0.15, -0.1) is 0 Å². The van der Waals surface area contributed by atoms with Crippen molar-refractivity contribution in [2.45, 2.75) is 6.92 Å². The molecule has 0 saturated heterocycles. The first-order valence-electron chi connectivity index (χ1n) is 9.26. The molecule has 7 heteroatoms. The second kappa shape index (κ2) is 7.79. The van der Waals surface area contributed by atoms with Crippen molar-refractivity contribution < 1.29 is 23.5 Å². The number of carbonyl (C=O) groups is 2. The van der Waals surface area contributed by atoms with Gasteiger partial charge in [0.05, 0.1) is 14.2 Å². The molecule has 0 bridgehead atoms. The van der Waals surface area contributed by atoms with Crippen LogP contribution in [0, 0.1) is 6.92 Å². The zero-order valence-corrected chi connectivity index (χ0v) is 16.7. The average molecular weight is 404 g/mol.